The number of ether oxygens (including phenoxy) is 1. The number of anilines is 1. The fourth-order valence-electron chi connectivity index (χ4n) is 4.10. The number of fused-ring (bicyclic) bond motifs is 1. The Morgan fingerprint density at radius 3 is 2.86 bits per heavy atom. The second kappa shape index (κ2) is 8.24. The Hall–Kier alpha value is -2.51. The molecule has 4 heterocycles. The normalized spacial score (nSPS) is 15.4. The minimum atomic E-state index is 0.673. The lowest BCUT2D eigenvalue weighted by atomic mass is 10.2. The first-order valence-electron chi connectivity index (χ1n) is 10.1. The van der Waals surface area contributed by atoms with E-state index in [1.165, 1.54) is 17.8 Å². The Morgan fingerprint density at radius 2 is 2.11 bits per heavy atom. The van der Waals surface area contributed by atoms with Crippen molar-refractivity contribution < 1.29 is 14.2 Å². The molecule has 28 heavy (non-hydrogen) atoms. The van der Waals surface area contributed by atoms with E-state index in [0.717, 1.165) is 61.7 Å². The van der Waals surface area contributed by atoms with Crippen molar-refractivity contribution in [3.05, 3.63) is 47.7 Å². The van der Waals surface area contributed by atoms with Gasteiger partial charge >= 0.3 is 0 Å². The molecule has 0 bridgehead atoms. The van der Waals surface area contributed by atoms with E-state index in [4.69, 9.17) is 15.5 Å². The number of aryl methyl sites for hydroxylation is 2. The third kappa shape index (κ3) is 3.72. The molecule has 0 aromatic carbocycles. The van der Waals surface area contributed by atoms with Gasteiger partial charge in [0.05, 0.1) is 26.3 Å². The van der Waals surface area contributed by atoms with E-state index >= 15 is 0 Å². The standard InChI is InChI=1S/C21H28N6O/c1-16-17(2)27(8-4-7-25-9-11-28-12-10-25)21-19(16)20(22)26(15-24-21)14-18-5-3-6-23-13-18/h3,5-6,13,15,22H,4,7-12,14H2,1-2H3/p+2. The Balaban J connectivity index is 1.56. The topological polar surface area (TPSA) is 74.3 Å². The van der Waals surface area contributed by atoms with Crippen LogP contribution in [0.25, 0.3) is 11.0 Å². The molecule has 0 saturated carbocycles. The number of hydrogen-bond acceptors (Lipinski definition) is 4. The van der Waals surface area contributed by atoms with Gasteiger partial charge in [-0.1, -0.05) is 11.1 Å². The molecule has 148 valence electrons. The maximum atomic E-state index is 6.57. The van der Waals surface area contributed by atoms with Crippen molar-refractivity contribution in [1.82, 2.24) is 14.5 Å². The van der Waals surface area contributed by atoms with Gasteiger partial charge in [-0.25, -0.2) is 4.57 Å². The summed E-state index contributed by atoms with van der Waals surface area (Å²) >= 11 is 0. The van der Waals surface area contributed by atoms with Crippen LogP contribution in [-0.2, 0) is 17.8 Å². The molecule has 0 spiro atoms. The van der Waals surface area contributed by atoms with Crippen molar-refractivity contribution in [2.75, 3.05) is 38.6 Å². The van der Waals surface area contributed by atoms with Crippen molar-refractivity contribution in [3.8, 4) is 0 Å². The number of nitrogens with two attached hydrogens (primary N) is 1. The lowest BCUT2D eigenvalue weighted by molar-refractivity contribution is -0.908. The predicted octanol–water partition coefficient (Wildman–Crippen LogP) is 0.271. The molecule has 7 nitrogen and oxygen atoms in total. The molecule has 3 aromatic rings. The number of quaternary nitrogens is 1. The number of nitrogens with one attached hydrogen (secondary N) is 1. The summed E-state index contributed by atoms with van der Waals surface area (Å²) in [7, 11) is 0. The quantitative estimate of drug-likeness (QED) is 0.601. The fraction of sp³-hybridized carbons (Fsp3) is 0.476. The highest BCUT2D eigenvalue weighted by molar-refractivity contribution is 5.89. The molecule has 3 aromatic heterocycles. The number of nitrogens with zero attached hydrogens (tertiary/aromatic N) is 4. The molecule has 3 N–H and O–H groups in total. The van der Waals surface area contributed by atoms with Crippen LogP contribution < -0.4 is 15.2 Å². The van der Waals surface area contributed by atoms with E-state index in [1.54, 1.807) is 11.1 Å². The first-order chi connectivity index (χ1) is 13.6. The predicted molar refractivity (Wildman–Crippen MR) is 108 cm³/mol. The summed E-state index contributed by atoms with van der Waals surface area (Å²) in [5.74, 6) is 0.770. The average Bonchev–Trinajstić information content (AvgIpc) is 2.97. The third-order valence-corrected chi connectivity index (χ3v) is 5.87. The van der Waals surface area contributed by atoms with E-state index < -0.39 is 0 Å². The van der Waals surface area contributed by atoms with Gasteiger partial charge in [0.25, 0.3) is 0 Å². The van der Waals surface area contributed by atoms with E-state index in [9.17, 15) is 0 Å². The Kier molecular flexibility index (Phi) is 5.54. The molecule has 0 atom stereocenters. The lowest BCUT2D eigenvalue weighted by Crippen LogP contribution is -3.14. The van der Waals surface area contributed by atoms with Gasteiger partial charge in [0.1, 0.15) is 18.5 Å². The number of pyridine rings is 1. The highest BCUT2D eigenvalue weighted by atomic mass is 16.5. The number of nitrogen functional groups attached to an aromatic ring is 1. The zero-order valence-corrected chi connectivity index (χ0v) is 16.8. The molecule has 0 amide bonds. The number of hydrogen-bond donors (Lipinski definition) is 2. The molecule has 1 aliphatic heterocycles. The first-order valence-corrected chi connectivity index (χ1v) is 10.1. The molecule has 1 fully saturated rings. The molecular formula is C21H30N6O+2. The molecular weight excluding hydrogens is 352 g/mol. The molecule has 4 rings (SSSR count). The Labute approximate surface area is 165 Å². The van der Waals surface area contributed by atoms with Gasteiger partial charge in [-0.05, 0) is 25.5 Å². The number of aromatic nitrogens is 4. The van der Waals surface area contributed by atoms with Crippen molar-refractivity contribution in [2.45, 2.75) is 33.4 Å². The van der Waals surface area contributed by atoms with Gasteiger partial charge < -0.3 is 19.9 Å². The lowest BCUT2D eigenvalue weighted by Gasteiger charge is -2.23. The van der Waals surface area contributed by atoms with Gasteiger partial charge in [0, 0.05) is 36.6 Å². The van der Waals surface area contributed by atoms with Crippen LogP contribution in [0.2, 0.25) is 0 Å². The number of morpholine rings is 1. The fourth-order valence-corrected chi connectivity index (χ4v) is 4.10. The second-order valence-corrected chi connectivity index (χ2v) is 7.65. The van der Waals surface area contributed by atoms with Crippen LogP contribution in [0.4, 0.5) is 5.82 Å². The van der Waals surface area contributed by atoms with Crippen molar-refractivity contribution >= 4 is 16.9 Å². The largest absolute Gasteiger partial charge is 0.370 e. The summed E-state index contributed by atoms with van der Waals surface area (Å²) in [6, 6.07) is 4.00. The molecule has 0 aliphatic carbocycles. The SMILES string of the molecule is Cc1c(C)n(CCC[NH+]2CCOCC2)c2nc[n+](Cc3cccnc3)c(N)c12. The minimum absolute atomic E-state index is 0.673. The zero-order chi connectivity index (χ0) is 19.5. The maximum absolute atomic E-state index is 6.57. The highest BCUT2D eigenvalue weighted by Gasteiger charge is 2.22. The summed E-state index contributed by atoms with van der Waals surface area (Å²) in [6.07, 6.45) is 6.64. The minimum Gasteiger partial charge on any atom is -0.370 e. The highest BCUT2D eigenvalue weighted by Crippen LogP contribution is 2.26. The maximum Gasteiger partial charge on any atom is 0.232 e. The summed E-state index contributed by atoms with van der Waals surface area (Å²) in [6.45, 7) is 11.1. The summed E-state index contributed by atoms with van der Waals surface area (Å²) in [4.78, 5) is 10.6. The zero-order valence-electron chi connectivity index (χ0n) is 16.8. The molecule has 0 radical (unpaired) electrons. The third-order valence-electron chi connectivity index (χ3n) is 5.87. The van der Waals surface area contributed by atoms with E-state index in [0.29, 0.717) is 6.54 Å². The van der Waals surface area contributed by atoms with Crippen LogP contribution >= 0.6 is 0 Å². The van der Waals surface area contributed by atoms with Gasteiger partial charge in [0.2, 0.25) is 17.8 Å². The van der Waals surface area contributed by atoms with Crippen LogP contribution in [0.15, 0.2) is 30.9 Å². The Bertz CT molecular complexity index is 947. The summed E-state index contributed by atoms with van der Waals surface area (Å²) in [5, 5.41) is 1.07. The van der Waals surface area contributed by atoms with E-state index in [1.807, 2.05) is 23.2 Å². The second-order valence-electron chi connectivity index (χ2n) is 7.65. The van der Waals surface area contributed by atoms with Crippen LogP contribution in [0, 0.1) is 13.8 Å². The van der Waals surface area contributed by atoms with Gasteiger partial charge in [-0.2, -0.15) is 0 Å². The van der Waals surface area contributed by atoms with E-state index in [-0.39, 0.29) is 0 Å². The number of rotatable bonds is 6. The average molecular weight is 383 g/mol. The van der Waals surface area contributed by atoms with Gasteiger partial charge in [-0.3, -0.25) is 4.98 Å². The molecule has 7 heteroatoms. The monoisotopic (exact) mass is 382 g/mol. The van der Waals surface area contributed by atoms with Crippen molar-refractivity contribution in [2.24, 2.45) is 0 Å². The molecule has 1 saturated heterocycles. The molecule has 1 aliphatic rings. The first kappa shape index (κ1) is 18.8. The van der Waals surface area contributed by atoms with Crippen LogP contribution in [-0.4, -0.2) is 47.4 Å². The van der Waals surface area contributed by atoms with Gasteiger partial charge in [0.15, 0.2) is 0 Å². The van der Waals surface area contributed by atoms with Crippen LogP contribution in [0.1, 0.15) is 23.2 Å². The van der Waals surface area contributed by atoms with Crippen molar-refractivity contribution in [1.29, 1.82) is 0 Å². The van der Waals surface area contributed by atoms with Gasteiger partial charge in [-0.15, -0.1) is 0 Å². The van der Waals surface area contributed by atoms with Crippen molar-refractivity contribution in [3.63, 3.8) is 0 Å². The molecule has 0 unspecified atom stereocenters. The van der Waals surface area contributed by atoms with E-state index in [2.05, 4.69) is 29.5 Å². The summed E-state index contributed by atoms with van der Waals surface area (Å²) < 4.78 is 9.79. The Morgan fingerprint density at radius 1 is 1.29 bits per heavy atom. The van der Waals surface area contributed by atoms with Crippen LogP contribution in [0.5, 0.6) is 0 Å². The smallest absolute Gasteiger partial charge is 0.232 e. The summed E-state index contributed by atoms with van der Waals surface area (Å²) in [5.41, 5.74) is 11.1. The van der Waals surface area contributed by atoms with Crippen LogP contribution in [0.3, 0.4) is 0 Å².